The molecule has 1 aliphatic rings. The van der Waals surface area contributed by atoms with Gasteiger partial charge in [0.05, 0.1) is 5.52 Å². The Morgan fingerprint density at radius 3 is 3.22 bits per heavy atom. The summed E-state index contributed by atoms with van der Waals surface area (Å²) < 4.78 is 3.52. The Balaban J connectivity index is 2.09. The lowest BCUT2D eigenvalue weighted by Crippen LogP contribution is -2.17. The molecule has 1 fully saturated rings. The molecular weight excluding hydrogens is 270 g/mol. The summed E-state index contributed by atoms with van der Waals surface area (Å²) in [7, 11) is 0. The predicted molar refractivity (Wildman–Crippen MR) is 70.8 cm³/mol. The van der Waals surface area contributed by atoms with E-state index in [1.807, 2.05) is 18.5 Å². The van der Waals surface area contributed by atoms with Crippen molar-refractivity contribution < 1.29 is 14.1 Å². The summed E-state index contributed by atoms with van der Waals surface area (Å²) in [5.41, 5.74) is 0.886. The van der Waals surface area contributed by atoms with Crippen LogP contribution in [-0.4, -0.2) is 27.9 Å². The van der Waals surface area contributed by atoms with Gasteiger partial charge in [0, 0.05) is 6.07 Å². The van der Waals surface area contributed by atoms with E-state index in [9.17, 15) is 4.79 Å². The molecule has 1 N–H and O–H groups in total. The quantitative estimate of drug-likeness (QED) is 0.786. The molecule has 7 heteroatoms. The van der Waals surface area contributed by atoms with E-state index in [0.717, 1.165) is 19.9 Å². The van der Waals surface area contributed by atoms with Crippen LogP contribution in [0.2, 0.25) is 0 Å². The van der Waals surface area contributed by atoms with E-state index < -0.39 is 12.0 Å². The van der Waals surface area contributed by atoms with Crippen molar-refractivity contribution in [2.75, 3.05) is 5.75 Å². The van der Waals surface area contributed by atoms with Crippen molar-refractivity contribution in [2.45, 2.75) is 6.04 Å². The van der Waals surface area contributed by atoms with Gasteiger partial charge in [-0.05, 0) is 11.8 Å². The Hall–Kier alpha value is -1.60. The zero-order valence-electron chi connectivity index (χ0n) is 9.24. The van der Waals surface area contributed by atoms with Crippen molar-refractivity contribution in [1.29, 1.82) is 0 Å². The highest BCUT2D eigenvalue weighted by molar-refractivity contribution is 8.08. The molecule has 2 aromatic rings. The fourth-order valence-corrected chi connectivity index (χ4v) is 3.73. The number of nitrogens with zero attached hydrogens (tertiary/aromatic N) is 3. The lowest BCUT2D eigenvalue weighted by atomic mass is 10.3. The second-order valence-corrected chi connectivity index (χ2v) is 5.87. The first-order chi connectivity index (χ1) is 8.63. The van der Waals surface area contributed by atoms with Crippen molar-refractivity contribution in [1.82, 2.24) is 4.98 Å². The van der Waals surface area contributed by atoms with Gasteiger partial charge in [-0.15, -0.1) is 23.1 Å². The minimum atomic E-state index is -0.880. The number of fused-ring (bicyclic) bond motifs is 1. The van der Waals surface area contributed by atoms with Gasteiger partial charge >= 0.3 is 0 Å². The third-order valence-corrected chi connectivity index (χ3v) is 4.70. The molecule has 0 saturated carbocycles. The van der Waals surface area contributed by atoms with Crippen molar-refractivity contribution in [3.05, 3.63) is 35.2 Å². The molecule has 0 aromatic carbocycles. The summed E-state index contributed by atoms with van der Waals surface area (Å²) in [6.45, 7) is 3.80. The van der Waals surface area contributed by atoms with Crippen LogP contribution in [0.15, 0.2) is 18.5 Å². The minimum Gasteiger partial charge on any atom is -0.664 e. The average Bonchev–Trinajstić information content (AvgIpc) is 2.93. The van der Waals surface area contributed by atoms with Crippen molar-refractivity contribution >= 4 is 44.3 Å². The molecule has 0 bridgehead atoms. The van der Waals surface area contributed by atoms with Crippen molar-refractivity contribution in [2.24, 2.45) is 0 Å². The molecule has 2 aromatic heterocycles. The van der Waals surface area contributed by atoms with Gasteiger partial charge in [-0.1, -0.05) is 5.03 Å². The number of hydrogen-bond donors (Lipinski definition) is 1. The van der Waals surface area contributed by atoms with E-state index in [2.05, 4.69) is 17.0 Å². The largest absolute Gasteiger partial charge is 0.664 e. The molecular formula is C11H9N3O2S2. The lowest BCUT2D eigenvalue weighted by Gasteiger charge is -2.17. The van der Waals surface area contributed by atoms with E-state index >= 15 is 0 Å². The summed E-state index contributed by atoms with van der Waals surface area (Å²) in [5.74, 6) is -0.398. The van der Waals surface area contributed by atoms with Crippen LogP contribution in [0.25, 0.3) is 20.6 Å². The molecule has 1 aliphatic heterocycles. The van der Waals surface area contributed by atoms with Crippen LogP contribution < -0.4 is 8.91 Å². The third-order valence-electron chi connectivity index (χ3n) is 2.51. The van der Waals surface area contributed by atoms with Crippen LogP contribution in [0.3, 0.4) is 0 Å². The van der Waals surface area contributed by atoms with Crippen molar-refractivity contribution in [3.8, 4) is 0 Å². The highest BCUT2D eigenvalue weighted by Gasteiger charge is 2.16. The number of hydrogen-bond acceptors (Lipinski definition) is 4. The molecule has 3 heterocycles. The van der Waals surface area contributed by atoms with Crippen LogP contribution in [-0.2, 0) is 4.79 Å². The molecule has 0 radical (unpaired) electrons. The number of aromatic nitrogens is 2. The number of thiazole rings is 1. The smallest absolute Gasteiger partial charge is 0.289 e. The summed E-state index contributed by atoms with van der Waals surface area (Å²) in [4.78, 5) is 15.3. The SMILES string of the molecule is C=[n+]1ccc2n/c(=C3\[N-]C(C(=O)O)CS3)sc2c1. The van der Waals surface area contributed by atoms with E-state index in [4.69, 9.17) is 5.11 Å². The number of aliphatic carboxylic acids is 1. The lowest BCUT2D eigenvalue weighted by molar-refractivity contribution is -0.496. The van der Waals surface area contributed by atoms with Gasteiger partial charge in [0.15, 0.2) is 12.4 Å². The van der Waals surface area contributed by atoms with Crippen molar-refractivity contribution in [3.63, 3.8) is 0 Å². The normalized spacial score (nSPS) is 22.1. The zero-order chi connectivity index (χ0) is 12.7. The Labute approximate surface area is 111 Å². The first kappa shape index (κ1) is 11.5. The molecule has 18 heavy (non-hydrogen) atoms. The minimum absolute atomic E-state index is 0.482. The Kier molecular flexibility index (Phi) is 2.71. The van der Waals surface area contributed by atoms with E-state index in [0.29, 0.717) is 5.75 Å². The molecule has 0 spiro atoms. The van der Waals surface area contributed by atoms with Gasteiger partial charge in [0.2, 0.25) is 0 Å². The highest BCUT2D eigenvalue weighted by Crippen LogP contribution is 2.35. The zero-order valence-corrected chi connectivity index (χ0v) is 10.9. The second kappa shape index (κ2) is 4.25. The predicted octanol–water partition coefficient (Wildman–Crippen LogP) is 0.863. The maximum absolute atomic E-state index is 10.8. The fourth-order valence-electron chi connectivity index (χ4n) is 1.62. The Morgan fingerprint density at radius 2 is 2.50 bits per heavy atom. The Bertz CT molecular complexity index is 740. The maximum atomic E-state index is 10.8. The highest BCUT2D eigenvalue weighted by atomic mass is 32.2. The molecule has 1 unspecified atom stereocenters. The van der Waals surface area contributed by atoms with Gasteiger partial charge in [-0.25, -0.2) is 4.98 Å². The molecule has 3 rings (SSSR count). The number of pyridine rings is 1. The summed E-state index contributed by atoms with van der Waals surface area (Å²) in [6.07, 6.45) is 3.72. The summed E-state index contributed by atoms with van der Waals surface area (Å²) in [6, 6.07) is 1.24. The monoisotopic (exact) mass is 279 g/mol. The third kappa shape index (κ3) is 1.95. The maximum Gasteiger partial charge on any atom is 0.289 e. The van der Waals surface area contributed by atoms with Gasteiger partial charge in [0.25, 0.3) is 5.97 Å². The van der Waals surface area contributed by atoms with Crippen LogP contribution in [0, 0.1) is 6.72 Å². The molecule has 1 saturated heterocycles. The number of carboxylic acid groups (broad SMARTS) is 1. The first-order valence-electron chi connectivity index (χ1n) is 5.20. The van der Waals surface area contributed by atoms with Crippen LogP contribution in [0.4, 0.5) is 0 Å². The van der Waals surface area contributed by atoms with Gasteiger partial charge in [-0.2, -0.15) is 4.24 Å². The standard InChI is InChI=1S/C11H9N3O2S2/c1-14-3-2-6-8(4-14)18-10(12-6)9-13-7(5-17-9)11(15)16/h2-4,7H,1,5H2,(H,15,16)/b10-9-. The molecule has 0 amide bonds. The first-order valence-corrected chi connectivity index (χ1v) is 7.00. The number of thioether (sulfide) groups is 1. The summed E-state index contributed by atoms with van der Waals surface area (Å²) >= 11 is 2.95. The van der Waals surface area contributed by atoms with Gasteiger partial charge < -0.3 is 10.4 Å². The van der Waals surface area contributed by atoms with Gasteiger partial charge in [-0.3, -0.25) is 4.79 Å². The molecule has 0 aliphatic carbocycles. The Morgan fingerprint density at radius 1 is 1.67 bits per heavy atom. The molecule has 5 nitrogen and oxygen atoms in total. The average molecular weight is 279 g/mol. The number of carbonyl (C=O) groups is 1. The number of rotatable bonds is 1. The molecule has 92 valence electrons. The van der Waals surface area contributed by atoms with Crippen LogP contribution in [0.5, 0.6) is 0 Å². The second-order valence-electron chi connectivity index (χ2n) is 3.83. The van der Waals surface area contributed by atoms with Crippen LogP contribution in [0.1, 0.15) is 0 Å². The molecule has 1 atom stereocenters. The topological polar surface area (TPSA) is 70.2 Å². The number of carboxylic acids is 1. The summed E-state index contributed by atoms with van der Waals surface area (Å²) in [5, 5.41) is 13.8. The van der Waals surface area contributed by atoms with Crippen LogP contribution >= 0.6 is 23.1 Å². The van der Waals surface area contributed by atoms with E-state index in [-0.39, 0.29) is 0 Å². The fraction of sp³-hybridized carbons (Fsp3) is 0.182. The van der Waals surface area contributed by atoms with E-state index in [1.54, 1.807) is 4.24 Å². The van der Waals surface area contributed by atoms with E-state index in [1.165, 1.54) is 23.1 Å². The van der Waals surface area contributed by atoms with Gasteiger partial charge in [0.1, 0.15) is 16.1 Å².